The third kappa shape index (κ3) is 8.43. The van der Waals surface area contributed by atoms with E-state index in [0.717, 1.165) is 18.6 Å². The molecule has 1 saturated heterocycles. The highest BCUT2D eigenvalue weighted by molar-refractivity contribution is 6.04. The third-order valence-corrected chi connectivity index (χ3v) is 4.65. The van der Waals surface area contributed by atoms with E-state index in [2.05, 4.69) is 21.6 Å². The number of carbonyl (C=O) groups is 2. The summed E-state index contributed by atoms with van der Waals surface area (Å²) in [5.74, 6) is 0.107. The highest BCUT2D eigenvalue weighted by atomic mass is 19.4. The van der Waals surface area contributed by atoms with Crippen LogP contribution in [0.1, 0.15) is 50.3 Å². The van der Waals surface area contributed by atoms with Crippen molar-refractivity contribution >= 4 is 29.2 Å². The topological polar surface area (TPSA) is 111 Å². The lowest BCUT2D eigenvalue weighted by atomic mass is 9.98. The largest absolute Gasteiger partial charge is 0.573 e. The molecule has 0 amide bonds. The SMILES string of the molecule is C=CC(=O)CCC.CCC(=N)c1c(C2COC(=O)O2)ccnc1Nc1ccc(OC(F)(F)F)cc1. The fourth-order valence-corrected chi connectivity index (χ4v) is 3.04. The number of allylic oxidation sites excluding steroid dienone is 1. The van der Waals surface area contributed by atoms with Gasteiger partial charge in [0.15, 0.2) is 11.9 Å². The number of halogens is 3. The molecule has 2 heterocycles. The molecule has 1 fully saturated rings. The monoisotopic (exact) mass is 493 g/mol. The molecule has 1 aromatic heterocycles. The molecular formula is C24H26F3N3O5. The van der Waals surface area contributed by atoms with Crippen LogP contribution in [-0.2, 0) is 14.3 Å². The molecule has 1 aliphatic rings. The van der Waals surface area contributed by atoms with E-state index in [4.69, 9.17) is 14.9 Å². The van der Waals surface area contributed by atoms with Crippen LogP contribution in [0.2, 0.25) is 0 Å². The van der Waals surface area contributed by atoms with Crippen molar-refractivity contribution in [3.05, 3.63) is 60.3 Å². The first kappa shape index (κ1) is 27.4. The van der Waals surface area contributed by atoms with Crippen LogP contribution in [0, 0.1) is 5.41 Å². The summed E-state index contributed by atoms with van der Waals surface area (Å²) in [4.78, 5) is 25.8. The molecule has 0 aliphatic carbocycles. The third-order valence-electron chi connectivity index (χ3n) is 4.65. The number of hydrogen-bond donors (Lipinski definition) is 2. The molecule has 2 aromatic rings. The summed E-state index contributed by atoms with van der Waals surface area (Å²) >= 11 is 0. The van der Waals surface area contributed by atoms with Crippen molar-refractivity contribution in [1.29, 1.82) is 5.41 Å². The molecule has 35 heavy (non-hydrogen) atoms. The van der Waals surface area contributed by atoms with Gasteiger partial charge in [0.2, 0.25) is 0 Å². The Kier molecular flexibility index (Phi) is 9.80. The number of ether oxygens (including phenoxy) is 3. The lowest BCUT2D eigenvalue weighted by Gasteiger charge is -2.18. The van der Waals surface area contributed by atoms with Gasteiger partial charge in [-0.1, -0.05) is 20.4 Å². The molecule has 3 rings (SSSR count). The van der Waals surface area contributed by atoms with Crippen molar-refractivity contribution in [3.63, 3.8) is 0 Å². The van der Waals surface area contributed by atoms with Gasteiger partial charge in [-0.05, 0) is 49.2 Å². The number of carbonyl (C=O) groups excluding carboxylic acids is 2. The minimum absolute atomic E-state index is 0.0236. The van der Waals surface area contributed by atoms with Crippen LogP contribution in [0.4, 0.5) is 29.5 Å². The number of benzene rings is 1. The number of ketones is 1. The van der Waals surface area contributed by atoms with Gasteiger partial charge in [-0.3, -0.25) is 4.79 Å². The first-order chi connectivity index (χ1) is 16.6. The number of nitrogens with one attached hydrogen (secondary N) is 2. The van der Waals surface area contributed by atoms with Crippen LogP contribution in [-0.4, -0.2) is 35.6 Å². The molecular weight excluding hydrogens is 467 g/mol. The normalized spacial score (nSPS) is 14.7. The van der Waals surface area contributed by atoms with Gasteiger partial charge >= 0.3 is 12.5 Å². The number of aromatic nitrogens is 1. The second kappa shape index (κ2) is 12.5. The Morgan fingerprint density at radius 3 is 2.46 bits per heavy atom. The standard InChI is InChI=1S/C18H16F3N3O4.C6H10O/c1-2-13(22)15-12(14-9-26-17(25)27-14)7-8-23-16(15)24-10-3-5-11(6-4-10)28-18(19,20)21;1-3-5-6(7)4-2/h3-8,14,22H,2,9H2,1H3,(H,23,24);4H,2-3,5H2,1H3. The van der Waals surface area contributed by atoms with Crippen molar-refractivity contribution in [2.75, 3.05) is 11.9 Å². The molecule has 8 nitrogen and oxygen atoms in total. The number of hydrogen-bond acceptors (Lipinski definition) is 8. The number of cyclic esters (lactones) is 2. The molecule has 1 atom stereocenters. The van der Waals surface area contributed by atoms with E-state index in [1.807, 2.05) is 6.92 Å². The summed E-state index contributed by atoms with van der Waals surface area (Å²) in [5.41, 5.74) is 1.71. The summed E-state index contributed by atoms with van der Waals surface area (Å²) < 4.78 is 50.6. The van der Waals surface area contributed by atoms with Crippen molar-refractivity contribution in [3.8, 4) is 5.75 Å². The Bertz CT molecular complexity index is 1060. The summed E-state index contributed by atoms with van der Waals surface area (Å²) in [6.07, 6.45) is -1.41. The molecule has 1 aliphatic heterocycles. The van der Waals surface area contributed by atoms with Crippen LogP contribution in [0.25, 0.3) is 0 Å². The van der Waals surface area contributed by atoms with E-state index in [-0.39, 0.29) is 23.9 Å². The van der Waals surface area contributed by atoms with Crippen molar-refractivity contribution in [1.82, 2.24) is 4.98 Å². The van der Waals surface area contributed by atoms with Gasteiger partial charge in [0.25, 0.3) is 0 Å². The van der Waals surface area contributed by atoms with Crippen LogP contribution < -0.4 is 10.1 Å². The van der Waals surface area contributed by atoms with E-state index >= 15 is 0 Å². The maximum absolute atomic E-state index is 12.3. The van der Waals surface area contributed by atoms with Crippen molar-refractivity contribution in [2.45, 2.75) is 45.6 Å². The van der Waals surface area contributed by atoms with Gasteiger partial charge in [0.1, 0.15) is 18.2 Å². The zero-order valence-electron chi connectivity index (χ0n) is 19.3. The van der Waals surface area contributed by atoms with E-state index in [1.54, 1.807) is 13.0 Å². The van der Waals surface area contributed by atoms with E-state index in [0.29, 0.717) is 35.5 Å². The Morgan fingerprint density at radius 2 is 1.97 bits per heavy atom. The quantitative estimate of drug-likeness (QED) is 0.241. The fraction of sp³-hybridized carbons (Fsp3) is 0.333. The fourth-order valence-electron chi connectivity index (χ4n) is 3.04. The summed E-state index contributed by atoms with van der Waals surface area (Å²) in [6.45, 7) is 7.12. The second-order valence-corrected chi connectivity index (χ2v) is 7.24. The minimum Gasteiger partial charge on any atom is -0.430 e. The predicted octanol–water partition coefficient (Wildman–Crippen LogP) is 6.25. The average molecular weight is 493 g/mol. The number of anilines is 2. The Balaban J connectivity index is 0.000000540. The smallest absolute Gasteiger partial charge is 0.430 e. The average Bonchev–Trinajstić information content (AvgIpc) is 3.25. The number of alkyl halides is 3. The maximum atomic E-state index is 12.3. The number of nitrogens with zero attached hydrogens (tertiary/aromatic N) is 1. The first-order valence-corrected chi connectivity index (χ1v) is 10.8. The Hall–Kier alpha value is -3.89. The Morgan fingerprint density at radius 1 is 1.29 bits per heavy atom. The molecule has 0 saturated carbocycles. The van der Waals surface area contributed by atoms with Gasteiger partial charge in [0.05, 0.1) is 0 Å². The van der Waals surface area contributed by atoms with Crippen LogP contribution in [0.5, 0.6) is 5.75 Å². The van der Waals surface area contributed by atoms with Crippen molar-refractivity contribution in [2.24, 2.45) is 0 Å². The van der Waals surface area contributed by atoms with Gasteiger partial charge < -0.3 is 24.9 Å². The maximum Gasteiger partial charge on any atom is 0.573 e. The molecule has 1 unspecified atom stereocenters. The molecule has 11 heteroatoms. The number of rotatable bonds is 9. The second-order valence-electron chi connectivity index (χ2n) is 7.24. The molecule has 0 radical (unpaired) electrons. The zero-order valence-corrected chi connectivity index (χ0v) is 19.3. The van der Waals surface area contributed by atoms with Gasteiger partial charge in [-0.2, -0.15) is 0 Å². The lowest BCUT2D eigenvalue weighted by Crippen LogP contribution is -2.17. The summed E-state index contributed by atoms with van der Waals surface area (Å²) in [5, 5.41) is 11.2. The zero-order chi connectivity index (χ0) is 26.0. The number of pyridine rings is 1. The molecule has 1 aromatic carbocycles. The van der Waals surface area contributed by atoms with Gasteiger partial charge in [0, 0.05) is 35.1 Å². The predicted molar refractivity (Wildman–Crippen MR) is 123 cm³/mol. The van der Waals surface area contributed by atoms with E-state index < -0.39 is 18.6 Å². The van der Waals surface area contributed by atoms with E-state index in [9.17, 15) is 22.8 Å². The van der Waals surface area contributed by atoms with Gasteiger partial charge in [-0.15, -0.1) is 13.2 Å². The molecule has 0 spiro atoms. The summed E-state index contributed by atoms with van der Waals surface area (Å²) in [7, 11) is 0. The highest BCUT2D eigenvalue weighted by Gasteiger charge is 2.32. The lowest BCUT2D eigenvalue weighted by molar-refractivity contribution is -0.274. The molecule has 2 N–H and O–H groups in total. The van der Waals surface area contributed by atoms with Crippen LogP contribution >= 0.6 is 0 Å². The van der Waals surface area contributed by atoms with Gasteiger partial charge in [-0.25, -0.2) is 9.78 Å². The Labute approximate surface area is 200 Å². The van der Waals surface area contributed by atoms with Crippen LogP contribution in [0.15, 0.2) is 49.2 Å². The molecule has 188 valence electrons. The highest BCUT2D eigenvalue weighted by Crippen LogP contribution is 2.32. The molecule has 0 bridgehead atoms. The van der Waals surface area contributed by atoms with E-state index in [1.165, 1.54) is 24.4 Å². The van der Waals surface area contributed by atoms with Crippen LogP contribution in [0.3, 0.4) is 0 Å². The minimum atomic E-state index is -4.77. The van der Waals surface area contributed by atoms with Crippen molar-refractivity contribution < 1.29 is 37.0 Å². The first-order valence-electron chi connectivity index (χ1n) is 10.8. The summed E-state index contributed by atoms with van der Waals surface area (Å²) in [6, 6.07) is 6.76.